The van der Waals surface area contributed by atoms with Gasteiger partial charge in [0.2, 0.25) is 5.60 Å². The number of aromatic carboxylic acids is 1. The number of alkyl halides is 3. The number of hydrogen-bond donors (Lipinski definition) is 2. The van der Waals surface area contributed by atoms with E-state index in [4.69, 9.17) is 39.6 Å². The largest absolute Gasteiger partial charge is 0.478 e. The fraction of sp³-hybridized carbons (Fsp3) is 0.0952. The normalized spacial score (nSPS) is 18.7. The van der Waals surface area contributed by atoms with Crippen molar-refractivity contribution in [3.8, 4) is 0 Å². The number of carbonyl (C=O) groups is 1. The second-order valence-corrected chi connectivity index (χ2v) is 7.95. The van der Waals surface area contributed by atoms with Gasteiger partial charge in [-0.3, -0.25) is 10.3 Å². The lowest BCUT2D eigenvalue weighted by Crippen LogP contribution is -2.42. The molecule has 0 amide bonds. The molecule has 1 unspecified atom stereocenters. The standard InChI is InChI=1S/C21H11Cl3F3NO3/c22-15-7-10(8-16(23)18(15)24)20(21(25,26)27)9-17(28-31-20)13-5-6-14(19(29)30)12-4-2-1-3-11(12)13/h1-9,28H,(H,29,30). The van der Waals surface area contributed by atoms with Crippen molar-refractivity contribution in [2.45, 2.75) is 11.8 Å². The third kappa shape index (κ3) is 3.51. The van der Waals surface area contributed by atoms with Crippen molar-refractivity contribution in [3.63, 3.8) is 0 Å². The van der Waals surface area contributed by atoms with Gasteiger partial charge in [-0.05, 0) is 35.0 Å². The van der Waals surface area contributed by atoms with Crippen molar-refractivity contribution in [2.75, 3.05) is 0 Å². The Bertz CT molecular complexity index is 1240. The van der Waals surface area contributed by atoms with Gasteiger partial charge >= 0.3 is 12.1 Å². The maximum atomic E-state index is 14.2. The molecule has 1 heterocycles. The zero-order valence-electron chi connectivity index (χ0n) is 15.2. The van der Waals surface area contributed by atoms with Crippen LogP contribution in [0.4, 0.5) is 13.2 Å². The summed E-state index contributed by atoms with van der Waals surface area (Å²) in [4.78, 5) is 16.6. The Morgan fingerprint density at radius 2 is 1.61 bits per heavy atom. The molecule has 4 nitrogen and oxygen atoms in total. The Labute approximate surface area is 188 Å². The van der Waals surface area contributed by atoms with Gasteiger partial charge in [-0.2, -0.15) is 13.2 Å². The third-order valence-corrected chi connectivity index (χ3v) is 6.14. The van der Waals surface area contributed by atoms with Crippen LogP contribution in [0.15, 0.2) is 54.6 Å². The lowest BCUT2D eigenvalue weighted by molar-refractivity contribution is -0.269. The molecule has 1 aliphatic rings. The molecule has 3 aromatic carbocycles. The molecule has 0 saturated heterocycles. The highest BCUT2D eigenvalue weighted by molar-refractivity contribution is 6.48. The smallest absolute Gasteiger partial charge is 0.428 e. The topological polar surface area (TPSA) is 58.6 Å². The molecule has 4 rings (SSSR count). The summed E-state index contributed by atoms with van der Waals surface area (Å²) >= 11 is 17.8. The number of carboxylic acids is 1. The summed E-state index contributed by atoms with van der Waals surface area (Å²) in [5.74, 6) is -1.15. The van der Waals surface area contributed by atoms with Crippen LogP contribution in [0.25, 0.3) is 16.5 Å². The molecule has 160 valence electrons. The van der Waals surface area contributed by atoms with E-state index in [1.165, 1.54) is 12.1 Å². The Hall–Kier alpha value is -2.45. The zero-order chi connectivity index (χ0) is 22.6. The number of rotatable bonds is 3. The average Bonchev–Trinajstić information content (AvgIpc) is 3.17. The minimum Gasteiger partial charge on any atom is -0.478 e. The van der Waals surface area contributed by atoms with Gasteiger partial charge in [-0.1, -0.05) is 65.1 Å². The second kappa shape index (κ2) is 7.60. The van der Waals surface area contributed by atoms with E-state index in [2.05, 4.69) is 5.48 Å². The van der Waals surface area contributed by atoms with Gasteiger partial charge in [-0.25, -0.2) is 4.79 Å². The minimum absolute atomic E-state index is 0.00709. The Kier molecular flexibility index (Phi) is 5.34. The van der Waals surface area contributed by atoms with Crippen LogP contribution >= 0.6 is 34.8 Å². The van der Waals surface area contributed by atoms with Crippen molar-refractivity contribution < 1.29 is 27.9 Å². The van der Waals surface area contributed by atoms with Crippen molar-refractivity contribution in [1.29, 1.82) is 0 Å². The van der Waals surface area contributed by atoms with Crippen LogP contribution in [-0.4, -0.2) is 17.3 Å². The number of benzene rings is 3. The fourth-order valence-corrected chi connectivity index (χ4v) is 4.06. The summed E-state index contributed by atoms with van der Waals surface area (Å²) in [7, 11) is 0. The molecular formula is C21H11Cl3F3NO3. The molecule has 0 radical (unpaired) electrons. The van der Waals surface area contributed by atoms with E-state index in [-0.39, 0.29) is 31.9 Å². The molecule has 10 heteroatoms. The first-order valence-corrected chi connectivity index (χ1v) is 9.82. The summed E-state index contributed by atoms with van der Waals surface area (Å²) in [6.07, 6.45) is -4.02. The SMILES string of the molecule is O=C(O)c1ccc(C2=CC(c3cc(Cl)c(Cl)c(Cl)c3)(C(F)(F)F)ON2)c2ccccc12. The Balaban J connectivity index is 1.94. The highest BCUT2D eigenvalue weighted by atomic mass is 35.5. The summed E-state index contributed by atoms with van der Waals surface area (Å²) in [5.41, 5.74) is -0.562. The summed E-state index contributed by atoms with van der Waals surface area (Å²) in [6.45, 7) is 0. The fourth-order valence-electron chi connectivity index (χ4n) is 3.47. The molecule has 1 aliphatic heterocycles. The van der Waals surface area contributed by atoms with Crippen molar-refractivity contribution >= 4 is 57.2 Å². The van der Waals surface area contributed by atoms with E-state index in [0.29, 0.717) is 16.3 Å². The molecule has 0 spiro atoms. The summed E-state index contributed by atoms with van der Waals surface area (Å²) in [5, 5.41) is 9.83. The van der Waals surface area contributed by atoms with Crippen LogP contribution in [-0.2, 0) is 10.4 Å². The van der Waals surface area contributed by atoms with Crippen LogP contribution in [0.3, 0.4) is 0 Å². The highest BCUT2D eigenvalue weighted by Gasteiger charge is 2.60. The summed E-state index contributed by atoms with van der Waals surface area (Å²) in [6, 6.07) is 11.3. The Morgan fingerprint density at radius 1 is 1.00 bits per heavy atom. The zero-order valence-corrected chi connectivity index (χ0v) is 17.5. The number of carboxylic acid groups (broad SMARTS) is 1. The minimum atomic E-state index is -4.89. The quantitative estimate of drug-likeness (QED) is 0.397. The first-order chi connectivity index (χ1) is 14.5. The van der Waals surface area contributed by atoms with Crippen LogP contribution in [0.2, 0.25) is 15.1 Å². The monoisotopic (exact) mass is 487 g/mol. The second-order valence-electron chi connectivity index (χ2n) is 6.76. The van der Waals surface area contributed by atoms with E-state index in [1.54, 1.807) is 24.3 Å². The lowest BCUT2D eigenvalue weighted by atomic mass is 9.90. The molecule has 2 N–H and O–H groups in total. The number of hydroxylamine groups is 1. The van der Waals surface area contributed by atoms with E-state index < -0.39 is 17.7 Å². The van der Waals surface area contributed by atoms with E-state index >= 15 is 0 Å². The Morgan fingerprint density at radius 3 is 2.19 bits per heavy atom. The van der Waals surface area contributed by atoms with E-state index in [9.17, 15) is 23.1 Å². The number of halogens is 6. The van der Waals surface area contributed by atoms with Gasteiger partial charge in [0.05, 0.1) is 26.3 Å². The number of fused-ring (bicyclic) bond motifs is 1. The van der Waals surface area contributed by atoms with Crippen LogP contribution < -0.4 is 5.48 Å². The van der Waals surface area contributed by atoms with Crippen molar-refractivity contribution in [2.24, 2.45) is 0 Å². The van der Waals surface area contributed by atoms with Crippen LogP contribution in [0, 0.1) is 0 Å². The molecule has 0 bridgehead atoms. The maximum absolute atomic E-state index is 14.2. The molecule has 31 heavy (non-hydrogen) atoms. The molecule has 1 atom stereocenters. The van der Waals surface area contributed by atoms with Crippen molar-refractivity contribution in [1.82, 2.24) is 5.48 Å². The molecule has 0 saturated carbocycles. The van der Waals surface area contributed by atoms with Gasteiger partial charge in [0.25, 0.3) is 0 Å². The van der Waals surface area contributed by atoms with Crippen molar-refractivity contribution in [3.05, 3.63) is 86.4 Å². The van der Waals surface area contributed by atoms with Crippen LogP contribution in [0.5, 0.6) is 0 Å². The van der Waals surface area contributed by atoms with Gasteiger partial charge in [0, 0.05) is 11.1 Å². The van der Waals surface area contributed by atoms with E-state index in [0.717, 1.165) is 18.2 Å². The lowest BCUT2D eigenvalue weighted by Gasteiger charge is -2.29. The summed E-state index contributed by atoms with van der Waals surface area (Å²) < 4.78 is 42.7. The third-order valence-electron chi connectivity index (χ3n) is 4.95. The first-order valence-electron chi connectivity index (χ1n) is 8.69. The van der Waals surface area contributed by atoms with Gasteiger partial charge in [0.15, 0.2) is 0 Å². The average molecular weight is 489 g/mol. The van der Waals surface area contributed by atoms with Gasteiger partial charge in [-0.15, -0.1) is 0 Å². The number of nitrogens with one attached hydrogen (secondary N) is 1. The number of hydrogen-bond acceptors (Lipinski definition) is 3. The van der Waals surface area contributed by atoms with E-state index in [1.807, 2.05) is 0 Å². The predicted octanol–water partition coefficient (Wildman–Crippen LogP) is 6.83. The van der Waals surface area contributed by atoms with Gasteiger partial charge < -0.3 is 5.11 Å². The molecule has 0 fully saturated rings. The predicted molar refractivity (Wildman–Crippen MR) is 112 cm³/mol. The van der Waals surface area contributed by atoms with Gasteiger partial charge in [0.1, 0.15) is 0 Å². The highest BCUT2D eigenvalue weighted by Crippen LogP contribution is 2.49. The van der Waals surface area contributed by atoms with Crippen LogP contribution in [0.1, 0.15) is 21.5 Å². The molecule has 0 aromatic heterocycles. The first kappa shape index (κ1) is 21.8. The maximum Gasteiger partial charge on any atom is 0.428 e. The molecule has 0 aliphatic carbocycles. The molecule has 3 aromatic rings. The molecular weight excluding hydrogens is 478 g/mol.